The monoisotopic (exact) mass is 441 g/mol. The van der Waals surface area contributed by atoms with Crippen molar-refractivity contribution >= 4 is 32.9 Å². The molecule has 9 heteroatoms. The molecular formula is C22H23N3O5S. The molecule has 0 unspecified atom stereocenters. The number of benzene rings is 3. The number of sulfonamides is 1. The standard InChI is InChI=1S/C22H23N3O5S/c1-15-12-17(9-11-21(15)30-3)31(28,29)25(2)14-22(27)24-23-13-19-18-7-5-4-6-16(18)8-10-20(19)26/h4-13,26H,14H2,1-3H3,(H,24,27)/b23-13+. The molecule has 1 amide bonds. The van der Waals surface area contributed by atoms with E-state index < -0.39 is 22.5 Å². The Balaban J connectivity index is 1.70. The van der Waals surface area contributed by atoms with Crippen LogP contribution in [0, 0.1) is 6.92 Å². The zero-order chi connectivity index (χ0) is 22.6. The van der Waals surface area contributed by atoms with Crippen LogP contribution in [0.2, 0.25) is 0 Å². The van der Waals surface area contributed by atoms with Gasteiger partial charge in [0.1, 0.15) is 11.5 Å². The van der Waals surface area contributed by atoms with Crippen molar-refractivity contribution in [2.75, 3.05) is 20.7 Å². The number of phenolic OH excluding ortho intramolecular Hbond substituents is 1. The van der Waals surface area contributed by atoms with Crippen LogP contribution in [-0.2, 0) is 14.8 Å². The summed E-state index contributed by atoms with van der Waals surface area (Å²) in [6, 6.07) is 15.2. The summed E-state index contributed by atoms with van der Waals surface area (Å²) in [6.07, 6.45) is 1.33. The predicted octanol–water partition coefficient (Wildman–Crippen LogP) is 2.63. The van der Waals surface area contributed by atoms with Crippen molar-refractivity contribution in [1.29, 1.82) is 0 Å². The lowest BCUT2D eigenvalue weighted by Gasteiger charge is -2.17. The van der Waals surface area contributed by atoms with Gasteiger partial charge in [0.05, 0.1) is 24.8 Å². The molecule has 0 aliphatic rings. The maximum absolute atomic E-state index is 12.7. The van der Waals surface area contributed by atoms with E-state index in [2.05, 4.69) is 10.5 Å². The first kappa shape index (κ1) is 22.3. The fourth-order valence-electron chi connectivity index (χ4n) is 3.10. The minimum atomic E-state index is -3.87. The molecule has 0 aromatic heterocycles. The van der Waals surface area contributed by atoms with E-state index in [4.69, 9.17) is 4.74 Å². The number of nitrogens with zero attached hydrogens (tertiary/aromatic N) is 2. The van der Waals surface area contributed by atoms with E-state index in [0.717, 1.165) is 15.1 Å². The molecule has 0 saturated heterocycles. The Morgan fingerprint density at radius 3 is 2.65 bits per heavy atom. The number of hydrogen-bond donors (Lipinski definition) is 2. The van der Waals surface area contributed by atoms with Gasteiger partial charge in [0.2, 0.25) is 10.0 Å². The van der Waals surface area contributed by atoms with Crippen LogP contribution >= 0.6 is 0 Å². The zero-order valence-corrected chi connectivity index (χ0v) is 18.2. The summed E-state index contributed by atoms with van der Waals surface area (Å²) < 4.78 is 31.6. The number of nitrogens with one attached hydrogen (secondary N) is 1. The second kappa shape index (κ2) is 9.15. The molecule has 0 bridgehead atoms. The Bertz CT molecular complexity index is 1260. The minimum absolute atomic E-state index is 0.0197. The van der Waals surface area contributed by atoms with Crippen LogP contribution in [-0.4, -0.2) is 50.7 Å². The maximum atomic E-state index is 12.7. The number of carbonyl (C=O) groups is 1. The molecule has 0 aliphatic heterocycles. The normalized spacial score (nSPS) is 11.9. The van der Waals surface area contributed by atoms with Crippen LogP contribution in [0.5, 0.6) is 11.5 Å². The van der Waals surface area contributed by atoms with Gasteiger partial charge in [-0.15, -0.1) is 0 Å². The van der Waals surface area contributed by atoms with Gasteiger partial charge in [0.15, 0.2) is 0 Å². The van der Waals surface area contributed by atoms with Gasteiger partial charge in [-0.2, -0.15) is 9.41 Å². The van der Waals surface area contributed by atoms with E-state index >= 15 is 0 Å². The number of aryl methyl sites for hydroxylation is 1. The van der Waals surface area contributed by atoms with Gasteiger partial charge in [-0.3, -0.25) is 4.79 Å². The third-order valence-electron chi connectivity index (χ3n) is 4.77. The summed E-state index contributed by atoms with van der Waals surface area (Å²) in [5.41, 5.74) is 3.42. The Kier molecular flexibility index (Phi) is 6.57. The number of methoxy groups -OCH3 is 1. The average molecular weight is 442 g/mol. The van der Waals surface area contributed by atoms with Crippen LogP contribution in [0.3, 0.4) is 0 Å². The van der Waals surface area contributed by atoms with E-state index in [1.807, 2.05) is 24.3 Å². The average Bonchev–Trinajstić information content (AvgIpc) is 2.75. The molecule has 0 fully saturated rings. The van der Waals surface area contributed by atoms with Crippen molar-refractivity contribution in [2.24, 2.45) is 5.10 Å². The highest BCUT2D eigenvalue weighted by atomic mass is 32.2. The van der Waals surface area contributed by atoms with Crippen LogP contribution < -0.4 is 10.2 Å². The smallest absolute Gasteiger partial charge is 0.255 e. The Morgan fingerprint density at radius 1 is 1.19 bits per heavy atom. The number of carbonyl (C=O) groups excluding carboxylic acids is 1. The third-order valence-corrected chi connectivity index (χ3v) is 6.57. The SMILES string of the molecule is COc1ccc(S(=O)(=O)N(C)CC(=O)N/N=C/c2c(O)ccc3ccccc23)cc1C. The number of ether oxygens (including phenoxy) is 1. The van der Waals surface area contributed by atoms with E-state index in [1.165, 1.54) is 32.5 Å². The second-order valence-electron chi connectivity index (χ2n) is 6.91. The molecule has 0 heterocycles. The summed E-state index contributed by atoms with van der Waals surface area (Å²) in [5.74, 6) is -0.0241. The lowest BCUT2D eigenvalue weighted by Crippen LogP contribution is -2.36. The van der Waals surface area contributed by atoms with Gasteiger partial charge in [-0.25, -0.2) is 13.8 Å². The molecule has 0 atom stereocenters. The number of hydrogen-bond acceptors (Lipinski definition) is 6. The quantitative estimate of drug-likeness (QED) is 0.433. The molecule has 3 aromatic carbocycles. The number of rotatable bonds is 7. The largest absolute Gasteiger partial charge is 0.507 e. The molecule has 31 heavy (non-hydrogen) atoms. The first-order valence-electron chi connectivity index (χ1n) is 9.37. The highest BCUT2D eigenvalue weighted by Gasteiger charge is 2.23. The number of phenols is 1. The van der Waals surface area contributed by atoms with Gasteiger partial charge >= 0.3 is 0 Å². The number of likely N-dealkylation sites (N-methyl/N-ethyl adjacent to an activating group) is 1. The Hall–Kier alpha value is -3.43. The summed E-state index contributed by atoms with van der Waals surface area (Å²) >= 11 is 0. The lowest BCUT2D eigenvalue weighted by atomic mass is 10.0. The van der Waals surface area contributed by atoms with Crippen molar-refractivity contribution in [2.45, 2.75) is 11.8 Å². The molecule has 3 rings (SSSR count). The van der Waals surface area contributed by atoms with Gasteiger partial charge in [0, 0.05) is 12.6 Å². The number of hydrazone groups is 1. The fourth-order valence-corrected chi connectivity index (χ4v) is 4.32. The van der Waals surface area contributed by atoms with E-state index in [1.54, 1.807) is 25.1 Å². The number of amides is 1. The van der Waals surface area contributed by atoms with Gasteiger partial charge in [-0.05, 0) is 47.5 Å². The van der Waals surface area contributed by atoms with Crippen LogP contribution in [0.25, 0.3) is 10.8 Å². The van der Waals surface area contributed by atoms with Crippen molar-refractivity contribution < 1.29 is 23.1 Å². The van der Waals surface area contributed by atoms with E-state index in [0.29, 0.717) is 16.9 Å². The van der Waals surface area contributed by atoms with Crippen molar-refractivity contribution in [1.82, 2.24) is 9.73 Å². The van der Waals surface area contributed by atoms with E-state index in [9.17, 15) is 18.3 Å². The summed E-state index contributed by atoms with van der Waals surface area (Å²) in [6.45, 7) is 1.31. The number of aromatic hydroxyl groups is 1. The topological polar surface area (TPSA) is 108 Å². The number of fused-ring (bicyclic) bond motifs is 1. The van der Waals surface area contributed by atoms with Gasteiger partial charge < -0.3 is 9.84 Å². The first-order chi connectivity index (χ1) is 14.7. The van der Waals surface area contributed by atoms with E-state index in [-0.39, 0.29) is 10.6 Å². The molecule has 0 aliphatic carbocycles. The van der Waals surface area contributed by atoms with Crippen molar-refractivity contribution in [3.05, 3.63) is 65.7 Å². The zero-order valence-electron chi connectivity index (χ0n) is 17.4. The van der Waals surface area contributed by atoms with Gasteiger partial charge in [-0.1, -0.05) is 30.3 Å². The van der Waals surface area contributed by atoms with Gasteiger partial charge in [0.25, 0.3) is 5.91 Å². The first-order valence-corrected chi connectivity index (χ1v) is 10.8. The molecule has 0 spiro atoms. The maximum Gasteiger partial charge on any atom is 0.255 e. The Labute approximate surface area is 180 Å². The molecule has 0 radical (unpaired) electrons. The molecule has 3 aromatic rings. The highest BCUT2D eigenvalue weighted by molar-refractivity contribution is 7.89. The Morgan fingerprint density at radius 2 is 1.94 bits per heavy atom. The third kappa shape index (κ3) is 4.84. The minimum Gasteiger partial charge on any atom is -0.507 e. The fraction of sp³-hybridized carbons (Fsp3) is 0.182. The predicted molar refractivity (Wildman–Crippen MR) is 119 cm³/mol. The van der Waals surface area contributed by atoms with Crippen LogP contribution in [0.4, 0.5) is 0 Å². The second-order valence-corrected chi connectivity index (χ2v) is 8.95. The molecule has 0 saturated carbocycles. The summed E-state index contributed by atoms with van der Waals surface area (Å²) in [7, 11) is -1.05. The highest BCUT2D eigenvalue weighted by Crippen LogP contribution is 2.25. The summed E-state index contributed by atoms with van der Waals surface area (Å²) in [5, 5.41) is 15.7. The lowest BCUT2D eigenvalue weighted by molar-refractivity contribution is -0.121. The van der Waals surface area contributed by atoms with Crippen LogP contribution in [0.15, 0.2) is 64.6 Å². The van der Waals surface area contributed by atoms with Crippen molar-refractivity contribution in [3.63, 3.8) is 0 Å². The molecule has 2 N–H and O–H groups in total. The van der Waals surface area contributed by atoms with Crippen LogP contribution in [0.1, 0.15) is 11.1 Å². The van der Waals surface area contributed by atoms with Crippen molar-refractivity contribution in [3.8, 4) is 11.5 Å². The summed E-state index contributed by atoms with van der Waals surface area (Å²) in [4.78, 5) is 12.3. The molecule has 8 nitrogen and oxygen atoms in total. The molecular weight excluding hydrogens is 418 g/mol. The molecule has 162 valence electrons.